The van der Waals surface area contributed by atoms with E-state index in [0.29, 0.717) is 0 Å². The summed E-state index contributed by atoms with van der Waals surface area (Å²) in [6.45, 7) is 0. The molecule has 0 radical (unpaired) electrons. The number of hydrogen-bond acceptors (Lipinski definition) is 4. The highest BCUT2D eigenvalue weighted by atomic mass is 35.5. The Kier molecular flexibility index (Phi) is 4.03. The Morgan fingerprint density at radius 3 is 2.50 bits per heavy atom. The molecule has 7 heteroatoms. The Labute approximate surface area is 103 Å². The first-order valence-electron chi connectivity index (χ1n) is 4.05. The average Bonchev–Trinajstić information content (AvgIpc) is 2.67. The molecule has 4 nitrogen and oxygen atoms in total. The van der Waals surface area contributed by atoms with Crippen LogP contribution in [0.2, 0.25) is 0 Å². The molecule has 0 atom stereocenters. The van der Waals surface area contributed by atoms with E-state index >= 15 is 0 Å². The van der Waals surface area contributed by atoms with Gasteiger partial charge in [-0.2, -0.15) is 8.42 Å². The van der Waals surface area contributed by atoms with Crippen LogP contribution in [0.1, 0.15) is 0 Å². The van der Waals surface area contributed by atoms with Crippen LogP contribution in [0.25, 0.3) is 10.4 Å². The summed E-state index contributed by atoms with van der Waals surface area (Å²) in [5.74, 6) is 0. The van der Waals surface area contributed by atoms with Crippen LogP contribution in [0.4, 0.5) is 0 Å². The standard InChI is InChI=1S/C9H7NO3S2.ClH/c11-15(12,13)9-4-3-8(14-9)7-2-1-5-10-6-7;/h1-6H,(H,11,12,13);1H. The van der Waals surface area contributed by atoms with Gasteiger partial charge in [-0.1, -0.05) is 6.07 Å². The Morgan fingerprint density at radius 2 is 2.00 bits per heavy atom. The molecule has 0 bridgehead atoms. The Bertz CT molecular complexity index is 565. The summed E-state index contributed by atoms with van der Waals surface area (Å²) >= 11 is 1.01. The second kappa shape index (κ2) is 4.92. The van der Waals surface area contributed by atoms with Gasteiger partial charge in [0.1, 0.15) is 4.21 Å². The van der Waals surface area contributed by atoms with Gasteiger partial charge in [-0.3, -0.25) is 9.54 Å². The molecule has 0 saturated carbocycles. The first-order chi connectivity index (χ1) is 7.07. The molecule has 0 saturated heterocycles. The monoisotopic (exact) mass is 277 g/mol. The normalized spacial score (nSPS) is 10.8. The smallest absolute Gasteiger partial charge is 0.281 e. The van der Waals surface area contributed by atoms with E-state index in [-0.39, 0.29) is 16.6 Å². The van der Waals surface area contributed by atoms with Gasteiger partial charge in [0.25, 0.3) is 0 Å². The van der Waals surface area contributed by atoms with Crippen molar-refractivity contribution in [2.45, 2.75) is 4.21 Å². The highest BCUT2D eigenvalue weighted by molar-refractivity contribution is 7.88. The second-order valence-electron chi connectivity index (χ2n) is 2.84. The zero-order valence-electron chi connectivity index (χ0n) is 7.90. The van der Waals surface area contributed by atoms with E-state index < -0.39 is 10.1 Å². The molecule has 0 fully saturated rings. The molecule has 0 aliphatic heterocycles. The molecule has 2 rings (SSSR count). The highest BCUT2D eigenvalue weighted by Gasteiger charge is 2.13. The topological polar surface area (TPSA) is 67.3 Å². The third-order valence-electron chi connectivity index (χ3n) is 1.78. The van der Waals surface area contributed by atoms with Gasteiger partial charge in [0, 0.05) is 22.8 Å². The zero-order chi connectivity index (χ0) is 10.9. The van der Waals surface area contributed by atoms with Crippen molar-refractivity contribution in [2.75, 3.05) is 0 Å². The maximum Gasteiger partial charge on any atom is 0.304 e. The van der Waals surface area contributed by atoms with Crippen molar-refractivity contribution in [3.63, 3.8) is 0 Å². The van der Waals surface area contributed by atoms with Crippen molar-refractivity contribution in [3.8, 4) is 10.4 Å². The molecule has 0 amide bonds. The number of rotatable bonds is 2. The minimum Gasteiger partial charge on any atom is -0.281 e. The summed E-state index contributed by atoms with van der Waals surface area (Å²) in [6.07, 6.45) is 3.28. The molecule has 1 N–H and O–H groups in total. The summed E-state index contributed by atoms with van der Waals surface area (Å²) in [6, 6.07) is 6.61. The van der Waals surface area contributed by atoms with Gasteiger partial charge in [0.05, 0.1) is 0 Å². The SMILES string of the molecule is Cl.O=S(=O)(O)c1ccc(-c2cccnc2)s1. The molecular formula is C9H8ClNO3S2. The number of pyridine rings is 1. The molecule has 2 heterocycles. The van der Waals surface area contributed by atoms with Crippen LogP contribution in [-0.2, 0) is 10.1 Å². The molecule has 0 unspecified atom stereocenters. The van der Waals surface area contributed by atoms with Gasteiger partial charge in [-0.15, -0.1) is 23.7 Å². The predicted molar refractivity (Wildman–Crippen MR) is 64.6 cm³/mol. The number of hydrogen-bond donors (Lipinski definition) is 1. The van der Waals surface area contributed by atoms with Gasteiger partial charge < -0.3 is 0 Å². The van der Waals surface area contributed by atoms with E-state index in [9.17, 15) is 8.42 Å². The number of nitrogens with zero attached hydrogens (tertiary/aromatic N) is 1. The van der Waals surface area contributed by atoms with Crippen LogP contribution in [-0.4, -0.2) is 18.0 Å². The summed E-state index contributed by atoms with van der Waals surface area (Å²) < 4.78 is 30.4. The maximum absolute atomic E-state index is 10.8. The van der Waals surface area contributed by atoms with Crippen LogP contribution in [0.15, 0.2) is 40.9 Å². The van der Waals surface area contributed by atoms with Crippen LogP contribution < -0.4 is 0 Å². The first-order valence-corrected chi connectivity index (χ1v) is 6.31. The van der Waals surface area contributed by atoms with Gasteiger partial charge in [0.15, 0.2) is 0 Å². The lowest BCUT2D eigenvalue weighted by Gasteiger charge is -1.93. The minimum atomic E-state index is -4.09. The average molecular weight is 278 g/mol. The van der Waals surface area contributed by atoms with Gasteiger partial charge in [0.2, 0.25) is 0 Å². The van der Waals surface area contributed by atoms with Crippen LogP contribution in [0.5, 0.6) is 0 Å². The number of aromatic nitrogens is 1. The van der Waals surface area contributed by atoms with E-state index in [0.717, 1.165) is 21.8 Å². The number of thiophene rings is 1. The van der Waals surface area contributed by atoms with E-state index in [2.05, 4.69) is 4.98 Å². The lowest BCUT2D eigenvalue weighted by Crippen LogP contribution is -1.92. The molecule has 0 spiro atoms. The van der Waals surface area contributed by atoms with Crippen molar-refractivity contribution in [3.05, 3.63) is 36.7 Å². The lowest BCUT2D eigenvalue weighted by molar-refractivity contribution is 0.485. The third-order valence-corrected chi connectivity index (χ3v) is 4.24. The predicted octanol–water partition coefficient (Wildman–Crippen LogP) is 2.48. The maximum atomic E-state index is 10.8. The molecule has 2 aromatic heterocycles. The summed E-state index contributed by atoms with van der Waals surface area (Å²) in [5.41, 5.74) is 0.831. The summed E-state index contributed by atoms with van der Waals surface area (Å²) in [7, 11) is -4.09. The molecule has 2 aromatic rings. The lowest BCUT2D eigenvalue weighted by atomic mass is 10.2. The Hall–Kier alpha value is -0.950. The largest absolute Gasteiger partial charge is 0.304 e. The molecule has 0 aliphatic carbocycles. The van der Waals surface area contributed by atoms with Crippen molar-refractivity contribution in [2.24, 2.45) is 0 Å². The molecular weight excluding hydrogens is 270 g/mol. The fourth-order valence-electron chi connectivity index (χ4n) is 1.12. The summed E-state index contributed by atoms with van der Waals surface area (Å²) in [4.78, 5) is 4.69. The fourth-order valence-corrected chi connectivity index (χ4v) is 2.78. The van der Waals surface area contributed by atoms with Gasteiger partial charge >= 0.3 is 10.1 Å². The Morgan fingerprint density at radius 1 is 1.25 bits per heavy atom. The van der Waals surface area contributed by atoms with E-state index in [1.165, 1.54) is 6.07 Å². The second-order valence-corrected chi connectivity index (χ2v) is 5.57. The van der Waals surface area contributed by atoms with Crippen molar-refractivity contribution >= 4 is 33.9 Å². The highest BCUT2D eigenvalue weighted by Crippen LogP contribution is 2.29. The quantitative estimate of drug-likeness (QED) is 0.857. The van der Waals surface area contributed by atoms with E-state index in [4.69, 9.17) is 4.55 Å². The molecule has 0 aromatic carbocycles. The Balaban J connectivity index is 0.00000128. The molecule has 16 heavy (non-hydrogen) atoms. The molecule has 86 valence electrons. The van der Waals surface area contributed by atoms with E-state index in [1.54, 1.807) is 24.5 Å². The van der Waals surface area contributed by atoms with Crippen LogP contribution in [0, 0.1) is 0 Å². The summed E-state index contributed by atoms with van der Waals surface area (Å²) in [5, 5.41) is 0. The fraction of sp³-hybridized carbons (Fsp3) is 0. The first kappa shape index (κ1) is 13.1. The van der Waals surface area contributed by atoms with Crippen LogP contribution in [0.3, 0.4) is 0 Å². The van der Waals surface area contributed by atoms with Gasteiger partial charge in [-0.25, -0.2) is 0 Å². The van der Waals surface area contributed by atoms with Crippen molar-refractivity contribution in [1.82, 2.24) is 4.98 Å². The van der Waals surface area contributed by atoms with Crippen LogP contribution >= 0.6 is 23.7 Å². The minimum absolute atomic E-state index is 0. The number of halogens is 1. The van der Waals surface area contributed by atoms with E-state index in [1.807, 2.05) is 6.07 Å². The third kappa shape index (κ3) is 2.79. The molecule has 0 aliphatic rings. The van der Waals surface area contributed by atoms with Crippen molar-refractivity contribution in [1.29, 1.82) is 0 Å². The zero-order valence-corrected chi connectivity index (χ0v) is 10.3. The van der Waals surface area contributed by atoms with Crippen molar-refractivity contribution < 1.29 is 13.0 Å². The van der Waals surface area contributed by atoms with Gasteiger partial charge in [-0.05, 0) is 18.2 Å².